The number of nitrogens with zero attached hydrogens (tertiary/aromatic N) is 1. The standard InChI is InChI=1S/C12H25N3O3S/c1-10(2)15(3)6-4-14-12(16)8-11-9-19(17,18)7-5-13-11/h10-11,13H,4-9H2,1-3H3,(H,14,16). The van der Waals surface area contributed by atoms with Gasteiger partial charge in [-0.15, -0.1) is 0 Å². The fourth-order valence-corrected chi connectivity index (χ4v) is 3.37. The Bertz CT molecular complexity index is 395. The number of carbonyl (C=O) groups is 1. The second-order valence-corrected chi connectivity index (χ2v) is 7.62. The molecule has 0 aromatic carbocycles. The van der Waals surface area contributed by atoms with Crippen LogP contribution in [0.25, 0.3) is 0 Å². The first kappa shape index (κ1) is 16.4. The molecular formula is C12H25N3O3S. The summed E-state index contributed by atoms with van der Waals surface area (Å²) >= 11 is 0. The third-order valence-corrected chi connectivity index (χ3v) is 5.14. The molecule has 1 atom stereocenters. The number of hydrogen-bond donors (Lipinski definition) is 2. The SMILES string of the molecule is CC(C)N(C)CCNC(=O)CC1CS(=O)(=O)CCN1. The van der Waals surface area contributed by atoms with Crippen LogP contribution in [0, 0.1) is 0 Å². The molecule has 1 amide bonds. The second-order valence-electron chi connectivity index (χ2n) is 5.39. The lowest BCUT2D eigenvalue weighted by molar-refractivity contribution is -0.121. The molecule has 1 rings (SSSR count). The normalized spacial score (nSPS) is 22.7. The zero-order chi connectivity index (χ0) is 14.5. The van der Waals surface area contributed by atoms with Crippen LogP contribution in [0.1, 0.15) is 20.3 Å². The number of nitrogens with one attached hydrogen (secondary N) is 2. The molecule has 1 heterocycles. The second kappa shape index (κ2) is 7.21. The zero-order valence-corrected chi connectivity index (χ0v) is 12.8. The molecule has 0 aliphatic carbocycles. The van der Waals surface area contributed by atoms with E-state index in [9.17, 15) is 13.2 Å². The molecular weight excluding hydrogens is 266 g/mol. The minimum absolute atomic E-state index is 0.0618. The van der Waals surface area contributed by atoms with Crippen LogP contribution in [0.5, 0.6) is 0 Å². The lowest BCUT2D eigenvalue weighted by Gasteiger charge is -2.24. The van der Waals surface area contributed by atoms with Crippen molar-refractivity contribution in [3.63, 3.8) is 0 Å². The van der Waals surface area contributed by atoms with Crippen LogP contribution in [-0.4, -0.2) is 69.5 Å². The van der Waals surface area contributed by atoms with Crippen molar-refractivity contribution in [3.8, 4) is 0 Å². The molecule has 0 radical (unpaired) electrons. The fourth-order valence-electron chi connectivity index (χ4n) is 1.92. The van der Waals surface area contributed by atoms with E-state index in [0.29, 0.717) is 19.1 Å². The van der Waals surface area contributed by atoms with Gasteiger partial charge in [-0.3, -0.25) is 4.79 Å². The molecule has 1 unspecified atom stereocenters. The monoisotopic (exact) mass is 291 g/mol. The molecule has 1 fully saturated rings. The minimum Gasteiger partial charge on any atom is -0.355 e. The highest BCUT2D eigenvalue weighted by Gasteiger charge is 2.25. The largest absolute Gasteiger partial charge is 0.355 e. The van der Waals surface area contributed by atoms with Crippen LogP contribution in [-0.2, 0) is 14.6 Å². The van der Waals surface area contributed by atoms with Gasteiger partial charge in [-0.25, -0.2) is 8.42 Å². The average Bonchev–Trinajstić information content (AvgIpc) is 2.27. The summed E-state index contributed by atoms with van der Waals surface area (Å²) in [4.78, 5) is 13.9. The van der Waals surface area contributed by atoms with E-state index in [-0.39, 0.29) is 29.9 Å². The first-order chi connectivity index (χ1) is 8.80. The maximum atomic E-state index is 11.7. The van der Waals surface area contributed by atoms with Crippen molar-refractivity contribution in [2.45, 2.75) is 32.4 Å². The number of likely N-dealkylation sites (N-methyl/N-ethyl adjacent to an activating group) is 1. The van der Waals surface area contributed by atoms with Crippen molar-refractivity contribution < 1.29 is 13.2 Å². The summed E-state index contributed by atoms with van der Waals surface area (Å²) < 4.78 is 22.9. The minimum atomic E-state index is -2.97. The first-order valence-corrected chi connectivity index (χ1v) is 8.53. The van der Waals surface area contributed by atoms with E-state index in [1.807, 2.05) is 7.05 Å². The molecule has 0 bridgehead atoms. The quantitative estimate of drug-likeness (QED) is 0.671. The van der Waals surface area contributed by atoms with Crippen molar-refractivity contribution in [1.82, 2.24) is 15.5 Å². The summed E-state index contributed by atoms with van der Waals surface area (Å²) in [7, 11) is -0.967. The van der Waals surface area contributed by atoms with Gasteiger partial charge in [-0.1, -0.05) is 0 Å². The molecule has 0 spiro atoms. The molecule has 0 aromatic heterocycles. The van der Waals surface area contributed by atoms with Gasteiger partial charge in [0, 0.05) is 38.1 Å². The summed E-state index contributed by atoms with van der Waals surface area (Å²) in [5.74, 6) is 0.142. The van der Waals surface area contributed by atoms with Crippen molar-refractivity contribution >= 4 is 15.7 Å². The van der Waals surface area contributed by atoms with Gasteiger partial charge in [-0.05, 0) is 20.9 Å². The predicted molar refractivity (Wildman–Crippen MR) is 75.8 cm³/mol. The molecule has 112 valence electrons. The molecule has 1 aliphatic rings. The van der Waals surface area contributed by atoms with Crippen LogP contribution >= 0.6 is 0 Å². The Morgan fingerprint density at radius 2 is 2.16 bits per heavy atom. The van der Waals surface area contributed by atoms with Gasteiger partial charge < -0.3 is 15.5 Å². The number of hydrogen-bond acceptors (Lipinski definition) is 5. The Labute approximate surface area is 115 Å². The number of amides is 1. The lowest BCUT2D eigenvalue weighted by atomic mass is 10.2. The van der Waals surface area contributed by atoms with E-state index >= 15 is 0 Å². The third-order valence-electron chi connectivity index (χ3n) is 3.40. The van der Waals surface area contributed by atoms with E-state index in [4.69, 9.17) is 0 Å². The molecule has 6 nitrogen and oxygen atoms in total. The van der Waals surface area contributed by atoms with Gasteiger partial charge in [0.15, 0.2) is 9.84 Å². The highest BCUT2D eigenvalue weighted by Crippen LogP contribution is 2.04. The van der Waals surface area contributed by atoms with E-state index < -0.39 is 9.84 Å². The topological polar surface area (TPSA) is 78.5 Å². The number of rotatable bonds is 6. The molecule has 1 aliphatic heterocycles. The summed E-state index contributed by atoms with van der Waals surface area (Å²) in [5.41, 5.74) is 0. The van der Waals surface area contributed by atoms with Crippen molar-refractivity contribution in [2.24, 2.45) is 0 Å². The maximum absolute atomic E-state index is 11.7. The van der Waals surface area contributed by atoms with Gasteiger partial charge in [0.25, 0.3) is 0 Å². The van der Waals surface area contributed by atoms with Gasteiger partial charge >= 0.3 is 0 Å². The van der Waals surface area contributed by atoms with Gasteiger partial charge in [0.1, 0.15) is 0 Å². The van der Waals surface area contributed by atoms with Gasteiger partial charge in [0.05, 0.1) is 11.5 Å². The summed E-state index contributed by atoms with van der Waals surface area (Å²) in [5, 5.41) is 5.90. The highest BCUT2D eigenvalue weighted by molar-refractivity contribution is 7.91. The van der Waals surface area contributed by atoms with E-state index in [0.717, 1.165) is 6.54 Å². The molecule has 1 saturated heterocycles. The Hall–Kier alpha value is -0.660. The Balaban J connectivity index is 2.24. The van der Waals surface area contributed by atoms with Crippen molar-refractivity contribution in [2.75, 3.05) is 38.2 Å². The fraction of sp³-hybridized carbons (Fsp3) is 0.917. The van der Waals surface area contributed by atoms with Crippen LogP contribution in [0.2, 0.25) is 0 Å². The van der Waals surface area contributed by atoms with E-state index in [1.165, 1.54) is 0 Å². The van der Waals surface area contributed by atoms with E-state index in [1.54, 1.807) is 0 Å². The zero-order valence-electron chi connectivity index (χ0n) is 12.0. The summed E-state index contributed by atoms with van der Waals surface area (Å²) in [6, 6.07) is 0.198. The maximum Gasteiger partial charge on any atom is 0.221 e. The van der Waals surface area contributed by atoms with Gasteiger partial charge in [0.2, 0.25) is 5.91 Å². The molecule has 19 heavy (non-hydrogen) atoms. The number of sulfone groups is 1. The van der Waals surface area contributed by atoms with Crippen LogP contribution < -0.4 is 10.6 Å². The van der Waals surface area contributed by atoms with Crippen molar-refractivity contribution in [3.05, 3.63) is 0 Å². The van der Waals surface area contributed by atoms with Crippen LogP contribution in [0.15, 0.2) is 0 Å². The molecule has 0 aromatic rings. The smallest absolute Gasteiger partial charge is 0.221 e. The van der Waals surface area contributed by atoms with Crippen LogP contribution in [0.4, 0.5) is 0 Å². The first-order valence-electron chi connectivity index (χ1n) is 6.71. The number of carbonyl (C=O) groups excluding carboxylic acids is 1. The molecule has 2 N–H and O–H groups in total. The van der Waals surface area contributed by atoms with Gasteiger partial charge in [-0.2, -0.15) is 0 Å². The predicted octanol–water partition coefficient (Wildman–Crippen LogP) is -0.780. The average molecular weight is 291 g/mol. The Morgan fingerprint density at radius 1 is 1.47 bits per heavy atom. The van der Waals surface area contributed by atoms with Crippen molar-refractivity contribution in [1.29, 1.82) is 0 Å². The molecule has 7 heteroatoms. The Kier molecular flexibility index (Phi) is 6.22. The Morgan fingerprint density at radius 3 is 2.74 bits per heavy atom. The van der Waals surface area contributed by atoms with E-state index in [2.05, 4.69) is 29.4 Å². The lowest BCUT2D eigenvalue weighted by Crippen LogP contribution is -2.47. The highest BCUT2D eigenvalue weighted by atomic mass is 32.2. The van der Waals surface area contributed by atoms with Crippen LogP contribution in [0.3, 0.4) is 0 Å². The third kappa shape index (κ3) is 6.35. The summed E-state index contributed by atoms with van der Waals surface area (Å²) in [6.07, 6.45) is 0.227. The summed E-state index contributed by atoms with van der Waals surface area (Å²) in [6.45, 7) is 6.01. The molecule has 0 saturated carbocycles.